The van der Waals surface area contributed by atoms with Gasteiger partial charge in [0, 0.05) is 25.9 Å². The summed E-state index contributed by atoms with van der Waals surface area (Å²) in [6.45, 7) is 4.22. The first-order valence-corrected chi connectivity index (χ1v) is 18.1. The van der Waals surface area contributed by atoms with Gasteiger partial charge in [0.2, 0.25) is 0 Å². The van der Waals surface area contributed by atoms with Gasteiger partial charge >= 0.3 is 0 Å². The van der Waals surface area contributed by atoms with Crippen molar-refractivity contribution in [2.45, 2.75) is 13.8 Å². The number of aliphatic imine (C=N–C) groups is 4. The predicted octanol–water partition coefficient (Wildman–Crippen LogP) is 10.9. The number of hydrogen-bond acceptors (Lipinski definition) is 4. The molecule has 4 aromatic rings. The smallest absolute Gasteiger partial charge is 0.0738 e. The van der Waals surface area contributed by atoms with Crippen LogP contribution in [0.2, 0.25) is 0 Å². The molecular formula is C46H31IN4. The summed E-state index contributed by atoms with van der Waals surface area (Å²) in [7, 11) is 0. The molecule has 0 spiro atoms. The van der Waals surface area contributed by atoms with Crippen molar-refractivity contribution in [3.05, 3.63) is 211 Å². The maximum atomic E-state index is 5.36. The molecule has 4 nitrogen and oxygen atoms in total. The molecule has 0 unspecified atom stereocenters. The summed E-state index contributed by atoms with van der Waals surface area (Å²) in [6, 6.07) is 36.2. The van der Waals surface area contributed by atoms with Gasteiger partial charge in [0.15, 0.2) is 0 Å². The third-order valence-corrected chi connectivity index (χ3v) is 10.2. The van der Waals surface area contributed by atoms with Crippen LogP contribution < -0.4 is 0 Å². The lowest BCUT2D eigenvalue weighted by molar-refractivity contribution is 1.40. The van der Waals surface area contributed by atoms with Crippen LogP contribution >= 0.6 is 22.6 Å². The lowest BCUT2D eigenvalue weighted by atomic mass is 9.98. The first-order valence-electron chi connectivity index (χ1n) is 17.0. The normalized spacial score (nSPS) is 17.5. The minimum atomic E-state index is 0.862. The molecule has 5 heterocycles. The summed E-state index contributed by atoms with van der Waals surface area (Å²) in [4.78, 5) is 21.4. The Balaban J connectivity index is 1.37. The Bertz CT molecular complexity index is 2480. The molecule has 5 aliphatic rings. The number of rotatable bonds is 4. The molecule has 51 heavy (non-hydrogen) atoms. The van der Waals surface area contributed by atoms with Crippen LogP contribution in [0.3, 0.4) is 0 Å². The lowest BCUT2D eigenvalue weighted by Gasteiger charge is -2.13. The molecule has 0 radical (unpaired) electrons. The van der Waals surface area contributed by atoms with Gasteiger partial charge in [0.25, 0.3) is 0 Å². The van der Waals surface area contributed by atoms with Crippen molar-refractivity contribution in [1.82, 2.24) is 0 Å². The van der Waals surface area contributed by atoms with Crippen molar-refractivity contribution >= 4 is 67.7 Å². The summed E-state index contributed by atoms with van der Waals surface area (Å²) in [5, 5.41) is 0. The minimum absolute atomic E-state index is 0.862. The van der Waals surface area contributed by atoms with E-state index >= 15 is 0 Å². The fraction of sp³-hybridized carbons (Fsp3) is 0.0435. The van der Waals surface area contributed by atoms with Crippen LogP contribution in [0.15, 0.2) is 194 Å². The molecule has 0 fully saturated rings. The van der Waals surface area contributed by atoms with Crippen molar-refractivity contribution in [2.75, 3.05) is 0 Å². The summed E-state index contributed by atoms with van der Waals surface area (Å²) < 4.78 is 1.17. The zero-order chi connectivity index (χ0) is 34.5. The molecule has 8 bridgehead atoms. The topological polar surface area (TPSA) is 49.4 Å². The molecule has 0 amide bonds. The first kappa shape index (κ1) is 31.2. The van der Waals surface area contributed by atoms with Gasteiger partial charge < -0.3 is 0 Å². The van der Waals surface area contributed by atoms with Crippen molar-refractivity contribution < 1.29 is 0 Å². The molecule has 0 atom stereocenters. The number of hydrogen-bond donors (Lipinski definition) is 0. The van der Waals surface area contributed by atoms with E-state index in [2.05, 4.69) is 182 Å². The standard InChI is InChI=1S/C46H31IN4/c1-28-8-12-31(13-9-28)44-37-22-20-35(48-37)43(30-6-4-3-5-7-30)36-21-23-38(49-36)45(32-14-10-29(2)11-15-32)40-25-27-42(51-40)46(41-26-24-39(44)50-41)33-16-18-34(47)19-17-33/h3-27H,1-2H3. The van der Waals surface area contributed by atoms with E-state index in [0.717, 1.165) is 90.2 Å². The highest BCUT2D eigenvalue weighted by Gasteiger charge is 2.27. The van der Waals surface area contributed by atoms with E-state index in [1.807, 2.05) is 6.07 Å². The Morgan fingerprint density at radius 1 is 0.333 bits per heavy atom. The number of nitrogens with zero attached hydrogens (tertiary/aromatic N) is 4. The van der Waals surface area contributed by atoms with Crippen LogP contribution in [-0.2, 0) is 0 Å². The number of halogens is 1. The molecule has 242 valence electrons. The average molecular weight is 767 g/mol. The summed E-state index contributed by atoms with van der Waals surface area (Å²) in [6.07, 6.45) is 16.9. The summed E-state index contributed by atoms with van der Waals surface area (Å²) in [5.74, 6) is 0. The van der Waals surface area contributed by atoms with E-state index in [-0.39, 0.29) is 0 Å². The second-order valence-corrected chi connectivity index (χ2v) is 14.2. The Kier molecular flexibility index (Phi) is 7.85. The van der Waals surface area contributed by atoms with Gasteiger partial charge in [0.05, 0.1) is 45.6 Å². The molecule has 0 N–H and O–H groups in total. The largest absolute Gasteiger partial charge is 0.248 e. The van der Waals surface area contributed by atoms with Gasteiger partial charge in [-0.1, -0.05) is 102 Å². The van der Waals surface area contributed by atoms with Crippen molar-refractivity contribution in [2.24, 2.45) is 20.0 Å². The third kappa shape index (κ3) is 5.83. The number of fused-ring (bicyclic) bond motifs is 4. The minimum Gasteiger partial charge on any atom is -0.248 e. The van der Waals surface area contributed by atoms with Crippen LogP contribution in [0.25, 0.3) is 22.3 Å². The van der Waals surface area contributed by atoms with Crippen LogP contribution in [0.5, 0.6) is 0 Å². The monoisotopic (exact) mass is 766 g/mol. The fourth-order valence-electron chi connectivity index (χ4n) is 6.93. The molecule has 0 aromatic heterocycles. The van der Waals surface area contributed by atoms with Crippen LogP contribution in [0.1, 0.15) is 33.4 Å². The zero-order valence-electron chi connectivity index (χ0n) is 28.1. The maximum Gasteiger partial charge on any atom is 0.0738 e. The quantitative estimate of drug-likeness (QED) is 0.186. The Morgan fingerprint density at radius 3 is 0.961 bits per heavy atom. The first-order chi connectivity index (χ1) is 25.0. The average Bonchev–Trinajstić information content (AvgIpc) is 3.99. The van der Waals surface area contributed by atoms with Crippen molar-refractivity contribution in [1.29, 1.82) is 0 Å². The highest BCUT2D eigenvalue weighted by Crippen LogP contribution is 2.38. The predicted molar refractivity (Wildman–Crippen MR) is 222 cm³/mol. The Hall–Kier alpha value is -5.79. The van der Waals surface area contributed by atoms with Gasteiger partial charge in [-0.25, -0.2) is 20.0 Å². The second kappa shape index (κ2) is 12.8. The summed E-state index contributed by atoms with van der Waals surface area (Å²) >= 11 is 2.35. The van der Waals surface area contributed by atoms with Gasteiger partial charge in [-0.15, -0.1) is 0 Å². The van der Waals surface area contributed by atoms with Gasteiger partial charge in [-0.05, 0) is 119 Å². The molecule has 9 rings (SSSR count). The highest BCUT2D eigenvalue weighted by molar-refractivity contribution is 14.1. The Morgan fingerprint density at radius 2 is 0.627 bits per heavy atom. The van der Waals surface area contributed by atoms with E-state index in [4.69, 9.17) is 20.0 Å². The maximum absolute atomic E-state index is 5.36. The van der Waals surface area contributed by atoms with Gasteiger partial charge in [0.1, 0.15) is 0 Å². The zero-order valence-corrected chi connectivity index (χ0v) is 30.3. The molecule has 0 saturated heterocycles. The van der Waals surface area contributed by atoms with Gasteiger partial charge in [-0.2, -0.15) is 0 Å². The number of benzene rings is 4. The van der Waals surface area contributed by atoms with Crippen LogP contribution in [0, 0.1) is 17.4 Å². The van der Waals surface area contributed by atoms with E-state index < -0.39 is 0 Å². The molecule has 5 aliphatic heterocycles. The molecule has 0 saturated carbocycles. The van der Waals surface area contributed by atoms with E-state index in [1.165, 1.54) is 14.7 Å². The van der Waals surface area contributed by atoms with E-state index in [9.17, 15) is 0 Å². The van der Waals surface area contributed by atoms with Crippen LogP contribution in [0.4, 0.5) is 0 Å². The van der Waals surface area contributed by atoms with Gasteiger partial charge in [-0.3, -0.25) is 0 Å². The van der Waals surface area contributed by atoms with E-state index in [0.29, 0.717) is 0 Å². The fourth-order valence-corrected chi connectivity index (χ4v) is 7.29. The molecule has 4 aromatic carbocycles. The Labute approximate surface area is 311 Å². The molecule has 0 aliphatic carbocycles. The molecule has 5 heteroatoms. The lowest BCUT2D eigenvalue weighted by Crippen LogP contribution is -2.03. The second-order valence-electron chi connectivity index (χ2n) is 13.0. The van der Waals surface area contributed by atoms with Crippen molar-refractivity contribution in [3.63, 3.8) is 0 Å². The van der Waals surface area contributed by atoms with Crippen LogP contribution in [-0.4, -0.2) is 22.8 Å². The number of allylic oxidation sites excluding steroid dienone is 12. The highest BCUT2D eigenvalue weighted by atomic mass is 127. The van der Waals surface area contributed by atoms with Crippen molar-refractivity contribution in [3.8, 4) is 0 Å². The summed E-state index contributed by atoms with van der Waals surface area (Å²) in [5.41, 5.74) is 17.5. The van der Waals surface area contributed by atoms with E-state index in [1.54, 1.807) is 0 Å². The SMILES string of the molecule is Cc1ccc(C2=C3C=CC(=N3)C(c3ccc(I)cc3)=C3C=CC(=N3)C(c3ccc(C)cc3)=C3C=CC(=N3)C(c3ccccc3)=C3C=CC2=N3)cc1. The molecular weight excluding hydrogens is 735 g/mol. The third-order valence-electron chi connectivity index (χ3n) is 9.48. The number of aryl methyl sites for hydroxylation is 2.